The van der Waals surface area contributed by atoms with Crippen molar-refractivity contribution in [1.29, 1.82) is 0 Å². The van der Waals surface area contributed by atoms with Crippen molar-refractivity contribution in [3.05, 3.63) is 82.5 Å². The first-order valence-corrected chi connectivity index (χ1v) is 9.13. The third-order valence-electron chi connectivity index (χ3n) is 2.99. The Labute approximate surface area is 153 Å². The molecule has 1 N–H and O–H groups in total. The second kappa shape index (κ2) is 8.15. The number of halogens is 1. The molecule has 0 aliphatic heterocycles. The number of hydrogen-bond acceptors (Lipinski definition) is 4. The maximum atomic E-state index is 12.0. The van der Waals surface area contributed by atoms with Gasteiger partial charge in [-0.1, -0.05) is 35.5 Å². The lowest BCUT2D eigenvalue weighted by molar-refractivity contribution is 0.0970. The van der Waals surface area contributed by atoms with Gasteiger partial charge < -0.3 is 5.32 Å². The van der Waals surface area contributed by atoms with Gasteiger partial charge in [-0.2, -0.15) is 0 Å². The van der Waals surface area contributed by atoms with Gasteiger partial charge in [-0.3, -0.25) is 4.79 Å². The van der Waals surface area contributed by atoms with Crippen molar-refractivity contribution < 1.29 is 4.79 Å². The van der Waals surface area contributed by atoms with Crippen molar-refractivity contribution in [2.24, 2.45) is 0 Å². The van der Waals surface area contributed by atoms with E-state index in [1.165, 1.54) is 0 Å². The maximum Gasteiger partial charge on any atom is 0.255 e. The molecule has 0 spiro atoms. The molecule has 2 heterocycles. The summed E-state index contributed by atoms with van der Waals surface area (Å²) in [6, 6.07) is 16.7. The molecule has 1 amide bonds. The zero-order chi connectivity index (χ0) is 16.8. The summed E-state index contributed by atoms with van der Waals surface area (Å²) in [4.78, 5) is 17.4. The molecule has 0 aliphatic carbocycles. The highest BCUT2D eigenvalue weighted by atomic mass is 35.5. The third kappa shape index (κ3) is 4.71. The minimum Gasteiger partial charge on any atom is -0.329 e. The van der Waals surface area contributed by atoms with Gasteiger partial charge in [-0.15, -0.1) is 11.3 Å². The van der Waals surface area contributed by atoms with Crippen LogP contribution in [0.15, 0.2) is 76.2 Å². The van der Waals surface area contributed by atoms with E-state index in [4.69, 9.17) is 11.6 Å². The molecule has 0 atom stereocenters. The Hall–Kier alpha value is -2.08. The maximum absolute atomic E-state index is 12.0. The molecule has 3 rings (SSSR count). The molecule has 0 bridgehead atoms. The summed E-state index contributed by atoms with van der Waals surface area (Å²) in [7, 11) is 0. The van der Waals surface area contributed by atoms with Crippen molar-refractivity contribution in [1.82, 2.24) is 10.3 Å². The lowest BCUT2D eigenvalue weighted by atomic mass is 10.2. The smallest absolute Gasteiger partial charge is 0.255 e. The van der Waals surface area contributed by atoms with Crippen LogP contribution >= 0.6 is 34.7 Å². The van der Waals surface area contributed by atoms with Gasteiger partial charge in [-0.05, 0) is 48.5 Å². The predicted molar refractivity (Wildman–Crippen MR) is 101 cm³/mol. The van der Waals surface area contributed by atoms with Crippen LogP contribution in [0.3, 0.4) is 0 Å². The number of aromatic nitrogens is 1. The summed E-state index contributed by atoms with van der Waals surface area (Å²) >= 11 is 9.14. The van der Waals surface area contributed by atoms with Crippen LogP contribution in [0, 0.1) is 0 Å². The molecule has 0 unspecified atom stereocenters. The van der Waals surface area contributed by atoms with Crippen LogP contribution in [-0.2, 0) is 0 Å². The summed E-state index contributed by atoms with van der Waals surface area (Å²) < 4.78 is 1.15. The van der Waals surface area contributed by atoms with Gasteiger partial charge in [0.25, 0.3) is 5.91 Å². The fourth-order valence-corrected chi connectivity index (χ4v) is 4.05. The number of benzene rings is 1. The number of nitrogens with one attached hydrogen (secondary N) is 1. The van der Waals surface area contributed by atoms with Crippen molar-refractivity contribution >= 4 is 46.7 Å². The second-order valence-electron chi connectivity index (χ2n) is 4.74. The molecule has 6 heteroatoms. The number of rotatable bonds is 5. The van der Waals surface area contributed by atoms with Gasteiger partial charge in [0, 0.05) is 27.9 Å². The Morgan fingerprint density at radius 2 is 2.08 bits per heavy atom. The summed E-state index contributed by atoms with van der Waals surface area (Å²) in [5, 5.41) is 4.25. The first kappa shape index (κ1) is 16.8. The Kier molecular flexibility index (Phi) is 5.69. The Bertz CT molecular complexity index is 862. The molecule has 120 valence electrons. The second-order valence-corrected chi connectivity index (χ2v) is 7.62. The Morgan fingerprint density at radius 1 is 1.17 bits per heavy atom. The van der Waals surface area contributed by atoms with Crippen molar-refractivity contribution in [3.63, 3.8) is 0 Å². The molecule has 24 heavy (non-hydrogen) atoms. The molecule has 2 aromatic heterocycles. The SMILES string of the molecule is O=C(N/C=C/c1ccc(Sc2ccccn2)s1)c1cccc(Cl)c1. The van der Waals surface area contributed by atoms with Crippen LogP contribution < -0.4 is 5.32 Å². The van der Waals surface area contributed by atoms with Crippen molar-refractivity contribution in [2.75, 3.05) is 0 Å². The monoisotopic (exact) mass is 372 g/mol. The predicted octanol–water partition coefficient (Wildman–Crippen LogP) is 5.35. The molecule has 3 aromatic rings. The fourth-order valence-electron chi connectivity index (χ4n) is 1.90. The topological polar surface area (TPSA) is 42.0 Å². The minimum atomic E-state index is -0.187. The first-order chi connectivity index (χ1) is 11.7. The van der Waals surface area contributed by atoms with Crippen LogP contribution in [0.2, 0.25) is 5.02 Å². The number of thiophene rings is 1. The highest BCUT2D eigenvalue weighted by Crippen LogP contribution is 2.32. The molecule has 0 saturated carbocycles. The van der Waals surface area contributed by atoms with E-state index in [0.29, 0.717) is 10.6 Å². The lowest BCUT2D eigenvalue weighted by Gasteiger charge is -2.00. The van der Waals surface area contributed by atoms with E-state index < -0.39 is 0 Å². The van der Waals surface area contributed by atoms with Gasteiger partial charge in [0.2, 0.25) is 0 Å². The lowest BCUT2D eigenvalue weighted by Crippen LogP contribution is -2.16. The molecular formula is C18H13ClN2OS2. The van der Waals surface area contributed by atoms with Crippen LogP contribution in [-0.4, -0.2) is 10.9 Å². The number of hydrogen-bond donors (Lipinski definition) is 1. The summed E-state index contributed by atoms with van der Waals surface area (Å²) in [5.74, 6) is -0.187. The zero-order valence-corrected chi connectivity index (χ0v) is 14.9. The molecule has 0 radical (unpaired) electrons. The van der Waals surface area contributed by atoms with E-state index in [2.05, 4.69) is 10.3 Å². The average molecular weight is 373 g/mol. The van der Waals surface area contributed by atoms with Crippen LogP contribution in [0.1, 0.15) is 15.2 Å². The van der Waals surface area contributed by atoms with Crippen molar-refractivity contribution in [3.8, 4) is 0 Å². The van der Waals surface area contributed by atoms with E-state index in [1.54, 1.807) is 59.8 Å². The fraction of sp³-hybridized carbons (Fsp3) is 0. The standard InChI is InChI=1S/C18H13ClN2OS2/c19-14-5-3-4-13(12-14)18(22)21-11-9-15-7-8-17(23-15)24-16-6-1-2-10-20-16/h1-12H,(H,21,22)/b11-9+. The van der Waals surface area contributed by atoms with Gasteiger partial charge in [0.15, 0.2) is 0 Å². The molecule has 0 aliphatic rings. The van der Waals surface area contributed by atoms with E-state index in [9.17, 15) is 4.79 Å². The van der Waals surface area contributed by atoms with Gasteiger partial charge in [0.05, 0.1) is 4.21 Å². The minimum absolute atomic E-state index is 0.187. The first-order valence-electron chi connectivity index (χ1n) is 7.12. The molecular weight excluding hydrogens is 360 g/mol. The van der Waals surface area contributed by atoms with Gasteiger partial charge in [0.1, 0.15) is 5.03 Å². The van der Waals surface area contributed by atoms with E-state index in [0.717, 1.165) is 14.1 Å². The highest BCUT2D eigenvalue weighted by molar-refractivity contribution is 8.01. The number of carbonyl (C=O) groups is 1. The number of carbonyl (C=O) groups excluding carboxylic acids is 1. The highest BCUT2D eigenvalue weighted by Gasteiger charge is 2.04. The Balaban J connectivity index is 1.58. The number of nitrogens with zero attached hydrogens (tertiary/aromatic N) is 1. The summed E-state index contributed by atoms with van der Waals surface area (Å²) in [6.45, 7) is 0. The van der Waals surface area contributed by atoms with E-state index >= 15 is 0 Å². The van der Waals surface area contributed by atoms with Crippen LogP contribution in [0.5, 0.6) is 0 Å². The van der Waals surface area contributed by atoms with Crippen molar-refractivity contribution in [2.45, 2.75) is 9.24 Å². The van der Waals surface area contributed by atoms with Gasteiger partial charge >= 0.3 is 0 Å². The van der Waals surface area contributed by atoms with E-state index in [1.807, 2.05) is 36.4 Å². The van der Waals surface area contributed by atoms with Crippen LogP contribution in [0.25, 0.3) is 6.08 Å². The summed E-state index contributed by atoms with van der Waals surface area (Å²) in [6.07, 6.45) is 5.29. The quantitative estimate of drug-likeness (QED) is 0.656. The van der Waals surface area contributed by atoms with Crippen LogP contribution in [0.4, 0.5) is 0 Å². The normalized spacial score (nSPS) is 10.9. The summed E-state index contributed by atoms with van der Waals surface area (Å²) in [5.41, 5.74) is 0.532. The zero-order valence-electron chi connectivity index (χ0n) is 12.5. The largest absolute Gasteiger partial charge is 0.329 e. The van der Waals surface area contributed by atoms with Gasteiger partial charge in [-0.25, -0.2) is 4.98 Å². The molecule has 0 fully saturated rings. The molecule has 1 aromatic carbocycles. The molecule has 3 nitrogen and oxygen atoms in total. The van der Waals surface area contributed by atoms with E-state index in [-0.39, 0.29) is 5.91 Å². The molecule has 0 saturated heterocycles. The Morgan fingerprint density at radius 3 is 2.88 bits per heavy atom. The third-order valence-corrected chi connectivity index (χ3v) is 5.36. The average Bonchev–Trinajstić information content (AvgIpc) is 3.03. The number of pyridine rings is 1. The number of amides is 1.